The highest BCUT2D eigenvalue weighted by Crippen LogP contribution is 2.17. The van der Waals surface area contributed by atoms with Gasteiger partial charge in [-0.3, -0.25) is 14.6 Å². The summed E-state index contributed by atoms with van der Waals surface area (Å²) in [5.41, 5.74) is 3.54. The Hall–Kier alpha value is -2.69. The van der Waals surface area contributed by atoms with Crippen LogP contribution >= 0.6 is 0 Å². The van der Waals surface area contributed by atoms with Gasteiger partial charge in [0.05, 0.1) is 11.1 Å². The van der Waals surface area contributed by atoms with Crippen LogP contribution in [0, 0.1) is 13.8 Å². The van der Waals surface area contributed by atoms with Crippen molar-refractivity contribution in [2.45, 2.75) is 40.2 Å². The lowest BCUT2D eigenvalue weighted by atomic mass is 10.1. The van der Waals surface area contributed by atoms with Gasteiger partial charge in [0.2, 0.25) is 0 Å². The molecule has 0 spiro atoms. The molecule has 0 aliphatic heterocycles. The predicted octanol–water partition coefficient (Wildman–Crippen LogP) is 3.48. The molecule has 0 bridgehead atoms. The molecule has 0 saturated carbocycles. The first-order valence-electron chi connectivity index (χ1n) is 8.05. The number of benzene rings is 1. The van der Waals surface area contributed by atoms with Crippen molar-refractivity contribution in [1.29, 1.82) is 0 Å². The molecule has 1 unspecified atom stereocenters. The zero-order chi connectivity index (χ0) is 17.7. The summed E-state index contributed by atoms with van der Waals surface area (Å²) in [7, 11) is 0. The van der Waals surface area contributed by atoms with Gasteiger partial charge >= 0.3 is 0 Å². The number of hydrogen-bond acceptors (Lipinski definition) is 3. The third kappa shape index (κ3) is 4.41. The molecule has 1 aromatic heterocycles. The minimum atomic E-state index is -0.283. The van der Waals surface area contributed by atoms with E-state index < -0.39 is 0 Å². The van der Waals surface area contributed by atoms with Crippen molar-refractivity contribution in [2.24, 2.45) is 0 Å². The summed E-state index contributed by atoms with van der Waals surface area (Å²) in [6, 6.07) is 7.50. The Labute approximate surface area is 142 Å². The van der Waals surface area contributed by atoms with E-state index in [0.29, 0.717) is 11.1 Å². The van der Waals surface area contributed by atoms with Crippen LogP contribution in [-0.4, -0.2) is 22.8 Å². The maximum absolute atomic E-state index is 12.4. The molecule has 5 heteroatoms. The summed E-state index contributed by atoms with van der Waals surface area (Å²) in [5.74, 6) is -0.507. The minimum absolute atomic E-state index is 0.0740. The van der Waals surface area contributed by atoms with Crippen LogP contribution in [-0.2, 0) is 0 Å². The Kier molecular flexibility index (Phi) is 5.68. The molecule has 0 radical (unpaired) electrons. The number of aromatic nitrogens is 1. The first kappa shape index (κ1) is 17.7. The molecule has 2 rings (SSSR count). The molecule has 0 aliphatic rings. The van der Waals surface area contributed by atoms with Gasteiger partial charge in [0, 0.05) is 24.1 Å². The highest BCUT2D eigenvalue weighted by molar-refractivity contribution is 6.06. The third-order valence-electron chi connectivity index (χ3n) is 3.89. The van der Waals surface area contributed by atoms with Crippen LogP contribution in [0.3, 0.4) is 0 Å². The second-order valence-corrected chi connectivity index (χ2v) is 6.02. The molecule has 24 heavy (non-hydrogen) atoms. The third-order valence-corrected chi connectivity index (χ3v) is 3.89. The van der Waals surface area contributed by atoms with Gasteiger partial charge < -0.3 is 10.6 Å². The molecule has 2 amide bonds. The number of pyridine rings is 1. The fourth-order valence-electron chi connectivity index (χ4n) is 2.16. The lowest BCUT2D eigenvalue weighted by Crippen LogP contribution is -2.32. The first-order valence-corrected chi connectivity index (χ1v) is 8.05. The number of rotatable bonds is 5. The van der Waals surface area contributed by atoms with Gasteiger partial charge in [0.25, 0.3) is 11.8 Å². The monoisotopic (exact) mass is 325 g/mol. The molecule has 0 aliphatic carbocycles. The van der Waals surface area contributed by atoms with Gasteiger partial charge in [0.1, 0.15) is 0 Å². The second kappa shape index (κ2) is 7.73. The zero-order valence-electron chi connectivity index (χ0n) is 14.5. The van der Waals surface area contributed by atoms with E-state index in [1.165, 1.54) is 12.4 Å². The number of carbonyl (C=O) groups excluding carboxylic acids is 2. The maximum atomic E-state index is 12.4. The lowest BCUT2D eigenvalue weighted by molar-refractivity contribution is 0.0939. The van der Waals surface area contributed by atoms with Crippen molar-refractivity contribution < 1.29 is 9.59 Å². The van der Waals surface area contributed by atoms with Crippen LogP contribution in [0.1, 0.15) is 52.1 Å². The lowest BCUT2D eigenvalue weighted by Gasteiger charge is -2.12. The number of anilines is 1. The molecule has 1 aromatic carbocycles. The Morgan fingerprint density at radius 3 is 2.42 bits per heavy atom. The SMILES string of the molecule is CCC(C)NC(=O)c1cncc(C(=O)Nc2cc(C)ccc2C)c1. The van der Waals surface area contributed by atoms with E-state index in [9.17, 15) is 9.59 Å². The Morgan fingerprint density at radius 1 is 1.08 bits per heavy atom. The summed E-state index contributed by atoms with van der Waals surface area (Å²) in [6.45, 7) is 7.83. The number of nitrogens with one attached hydrogen (secondary N) is 2. The smallest absolute Gasteiger partial charge is 0.257 e. The zero-order valence-corrected chi connectivity index (χ0v) is 14.5. The van der Waals surface area contributed by atoms with Crippen molar-refractivity contribution in [3.05, 3.63) is 58.9 Å². The van der Waals surface area contributed by atoms with Crippen LogP contribution in [0.25, 0.3) is 0 Å². The van der Waals surface area contributed by atoms with Gasteiger partial charge in [-0.15, -0.1) is 0 Å². The van der Waals surface area contributed by atoms with E-state index in [4.69, 9.17) is 0 Å². The number of nitrogens with zero attached hydrogens (tertiary/aromatic N) is 1. The van der Waals surface area contributed by atoms with E-state index in [0.717, 1.165) is 23.2 Å². The Balaban J connectivity index is 2.17. The van der Waals surface area contributed by atoms with E-state index in [2.05, 4.69) is 15.6 Å². The first-order chi connectivity index (χ1) is 11.4. The number of amides is 2. The number of aryl methyl sites for hydroxylation is 2. The van der Waals surface area contributed by atoms with Crippen LogP contribution < -0.4 is 10.6 Å². The average Bonchev–Trinajstić information content (AvgIpc) is 2.58. The number of carbonyl (C=O) groups is 2. The highest BCUT2D eigenvalue weighted by atomic mass is 16.2. The maximum Gasteiger partial charge on any atom is 0.257 e. The molecule has 2 aromatic rings. The normalized spacial score (nSPS) is 11.7. The van der Waals surface area contributed by atoms with Gasteiger partial charge in [-0.2, -0.15) is 0 Å². The molecule has 1 heterocycles. The van der Waals surface area contributed by atoms with E-state index in [-0.39, 0.29) is 17.9 Å². The van der Waals surface area contributed by atoms with Crippen LogP contribution in [0.5, 0.6) is 0 Å². The molecule has 0 fully saturated rings. The van der Waals surface area contributed by atoms with Crippen molar-refractivity contribution in [3.8, 4) is 0 Å². The van der Waals surface area contributed by atoms with Gasteiger partial charge in [-0.05, 0) is 50.5 Å². The molecule has 2 N–H and O–H groups in total. The molecule has 0 saturated heterocycles. The van der Waals surface area contributed by atoms with Gasteiger partial charge in [-0.25, -0.2) is 0 Å². The van der Waals surface area contributed by atoms with Crippen LogP contribution in [0.2, 0.25) is 0 Å². The molecule has 5 nitrogen and oxygen atoms in total. The molecular formula is C19H23N3O2. The van der Waals surface area contributed by atoms with Crippen LogP contribution in [0.15, 0.2) is 36.7 Å². The summed E-state index contributed by atoms with van der Waals surface area (Å²) < 4.78 is 0. The fraction of sp³-hybridized carbons (Fsp3) is 0.316. The summed E-state index contributed by atoms with van der Waals surface area (Å²) in [4.78, 5) is 28.6. The topological polar surface area (TPSA) is 71.1 Å². The minimum Gasteiger partial charge on any atom is -0.350 e. The van der Waals surface area contributed by atoms with Crippen molar-refractivity contribution in [2.75, 3.05) is 5.32 Å². The average molecular weight is 325 g/mol. The standard InChI is InChI=1S/C19H23N3O2/c1-5-14(4)21-18(23)15-9-16(11-20-10-15)19(24)22-17-8-12(2)6-7-13(17)3/h6-11,14H,5H2,1-4H3,(H,21,23)(H,22,24). The largest absolute Gasteiger partial charge is 0.350 e. The summed E-state index contributed by atoms with van der Waals surface area (Å²) >= 11 is 0. The van der Waals surface area contributed by atoms with Crippen molar-refractivity contribution in [3.63, 3.8) is 0 Å². The van der Waals surface area contributed by atoms with Crippen LogP contribution in [0.4, 0.5) is 5.69 Å². The summed E-state index contributed by atoms with van der Waals surface area (Å²) in [5, 5.41) is 5.74. The van der Waals surface area contributed by atoms with Gasteiger partial charge in [-0.1, -0.05) is 19.1 Å². The van der Waals surface area contributed by atoms with E-state index in [1.807, 2.05) is 45.9 Å². The Morgan fingerprint density at radius 2 is 1.75 bits per heavy atom. The van der Waals surface area contributed by atoms with Gasteiger partial charge in [0.15, 0.2) is 0 Å². The van der Waals surface area contributed by atoms with Crippen molar-refractivity contribution >= 4 is 17.5 Å². The fourth-order valence-corrected chi connectivity index (χ4v) is 2.16. The summed E-state index contributed by atoms with van der Waals surface area (Å²) in [6.07, 6.45) is 3.76. The van der Waals surface area contributed by atoms with Crippen molar-refractivity contribution in [1.82, 2.24) is 10.3 Å². The molecule has 1 atom stereocenters. The van der Waals surface area contributed by atoms with E-state index in [1.54, 1.807) is 6.07 Å². The molecular weight excluding hydrogens is 302 g/mol. The molecule has 126 valence electrons. The quantitative estimate of drug-likeness (QED) is 0.884. The number of hydrogen-bond donors (Lipinski definition) is 2. The highest BCUT2D eigenvalue weighted by Gasteiger charge is 2.13. The predicted molar refractivity (Wildman–Crippen MR) is 95.3 cm³/mol. The van der Waals surface area contributed by atoms with E-state index >= 15 is 0 Å². The second-order valence-electron chi connectivity index (χ2n) is 6.02. The Bertz CT molecular complexity index is 756.